The fraction of sp³-hybridized carbons (Fsp3) is 0.296. The van der Waals surface area contributed by atoms with Gasteiger partial charge in [0.2, 0.25) is 17.7 Å². The zero-order chi connectivity index (χ0) is 24.9. The van der Waals surface area contributed by atoms with Gasteiger partial charge in [-0.25, -0.2) is 4.98 Å². The van der Waals surface area contributed by atoms with E-state index in [1.165, 1.54) is 0 Å². The lowest BCUT2D eigenvalue weighted by atomic mass is 10.1. The Balaban J connectivity index is 1.16. The molecule has 2 aromatic carbocycles. The summed E-state index contributed by atoms with van der Waals surface area (Å²) in [7, 11) is 0. The number of amides is 2. The van der Waals surface area contributed by atoms with Gasteiger partial charge in [0.05, 0.1) is 12.5 Å². The average Bonchev–Trinajstić information content (AvgIpc) is 3.30. The number of aromatic nitrogens is 1. The minimum absolute atomic E-state index is 0.0956. The van der Waals surface area contributed by atoms with E-state index in [4.69, 9.17) is 18.9 Å². The third-order valence-corrected chi connectivity index (χ3v) is 5.96. The first-order chi connectivity index (χ1) is 17.6. The summed E-state index contributed by atoms with van der Waals surface area (Å²) in [5.41, 5.74) is 1.54. The molecule has 2 amide bonds. The van der Waals surface area contributed by atoms with E-state index < -0.39 is 5.92 Å². The highest BCUT2D eigenvalue weighted by atomic mass is 16.6. The lowest BCUT2D eigenvalue weighted by Crippen LogP contribution is -2.32. The first-order valence-corrected chi connectivity index (χ1v) is 11.9. The van der Waals surface area contributed by atoms with Gasteiger partial charge < -0.3 is 29.2 Å². The summed E-state index contributed by atoms with van der Waals surface area (Å²) < 4.78 is 22.4. The molecule has 9 heteroatoms. The Morgan fingerprint density at radius 2 is 1.83 bits per heavy atom. The third-order valence-electron chi connectivity index (χ3n) is 5.96. The number of hydrogen-bond acceptors (Lipinski definition) is 7. The zero-order valence-corrected chi connectivity index (χ0v) is 19.9. The van der Waals surface area contributed by atoms with Gasteiger partial charge in [0.1, 0.15) is 24.7 Å². The van der Waals surface area contributed by atoms with E-state index in [-0.39, 0.29) is 18.2 Å². The van der Waals surface area contributed by atoms with Crippen LogP contribution in [0, 0.1) is 5.92 Å². The first-order valence-electron chi connectivity index (χ1n) is 11.9. The summed E-state index contributed by atoms with van der Waals surface area (Å²) >= 11 is 0. The molecule has 186 valence electrons. The zero-order valence-electron chi connectivity index (χ0n) is 19.9. The maximum Gasteiger partial charge on any atom is 0.227 e. The number of carbonyl (C=O) groups is 2. The fourth-order valence-electron chi connectivity index (χ4n) is 4.17. The number of rotatable bonds is 8. The van der Waals surface area contributed by atoms with E-state index in [2.05, 4.69) is 10.3 Å². The van der Waals surface area contributed by atoms with Gasteiger partial charge in [-0.05, 0) is 55.0 Å². The van der Waals surface area contributed by atoms with Crippen LogP contribution in [-0.2, 0) is 16.1 Å². The Morgan fingerprint density at radius 3 is 2.64 bits per heavy atom. The van der Waals surface area contributed by atoms with E-state index in [1.54, 1.807) is 29.3 Å². The van der Waals surface area contributed by atoms with E-state index >= 15 is 0 Å². The number of carbonyl (C=O) groups excluding carboxylic acids is 2. The normalized spacial score (nSPS) is 16.5. The van der Waals surface area contributed by atoms with Crippen LogP contribution in [0.25, 0.3) is 0 Å². The van der Waals surface area contributed by atoms with Crippen molar-refractivity contribution in [1.29, 1.82) is 0 Å². The minimum atomic E-state index is -0.438. The number of anilines is 1. The third kappa shape index (κ3) is 5.35. The molecule has 1 unspecified atom stereocenters. The highest BCUT2D eigenvalue weighted by Crippen LogP contribution is 2.36. The van der Waals surface area contributed by atoms with E-state index in [9.17, 15) is 9.59 Å². The van der Waals surface area contributed by atoms with Gasteiger partial charge in [-0.3, -0.25) is 9.59 Å². The van der Waals surface area contributed by atoms with Gasteiger partial charge >= 0.3 is 0 Å². The van der Waals surface area contributed by atoms with Crippen molar-refractivity contribution in [3.05, 3.63) is 66.4 Å². The molecule has 36 heavy (non-hydrogen) atoms. The molecule has 3 aromatic rings. The number of fused-ring (bicyclic) bond motifs is 1. The van der Waals surface area contributed by atoms with Crippen LogP contribution in [-0.4, -0.2) is 43.2 Å². The lowest BCUT2D eigenvalue weighted by molar-refractivity contribution is -0.126. The molecule has 5 rings (SSSR count). The molecule has 9 nitrogen and oxygen atoms in total. The summed E-state index contributed by atoms with van der Waals surface area (Å²) in [6.45, 7) is 4.12. The maximum absolute atomic E-state index is 12.8. The van der Waals surface area contributed by atoms with Crippen LogP contribution in [0.1, 0.15) is 18.9 Å². The van der Waals surface area contributed by atoms with Gasteiger partial charge in [-0.1, -0.05) is 0 Å². The predicted molar refractivity (Wildman–Crippen MR) is 132 cm³/mol. The van der Waals surface area contributed by atoms with Crippen molar-refractivity contribution < 1.29 is 28.5 Å². The quantitative estimate of drug-likeness (QED) is 0.515. The van der Waals surface area contributed by atoms with Crippen LogP contribution >= 0.6 is 0 Å². The second kappa shape index (κ2) is 10.6. The predicted octanol–water partition coefficient (Wildman–Crippen LogP) is 3.71. The molecule has 1 aromatic heterocycles. The number of ether oxygens (including phenoxy) is 4. The monoisotopic (exact) mass is 489 g/mol. The molecular weight excluding hydrogens is 462 g/mol. The van der Waals surface area contributed by atoms with Crippen molar-refractivity contribution in [1.82, 2.24) is 10.3 Å². The van der Waals surface area contributed by atoms with E-state index in [1.807, 2.05) is 43.3 Å². The van der Waals surface area contributed by atoms with Gasteiger partial charge in [0.25, 0.3) is 0 Å². The SMILES string of the molecule is CCOc1ccc(Oc2cc(CNC(=O)C3CC(=O)N(c4ccc5c(c4)OCCO5)C3)ccn2)cc1. The molecule has 1 N–H and O–H groups in total. The molecule has 1 atom stereocenters. The Hall–Kier alpha value is -4.27. The topological polar surface area (TPSA) is 99.2 Å². The van der Waals surface area contributed by atoms with Crippen molar-refractivity contribution in [2.75, 3.05) is 31.3 Å². The van der Waals surface area contributed by atoms with Crippen molar-refractivity contribution in [2.45, 2.75) is 19.9 Å². The second-order valence-corrected chi connectivity index (χ2v) is 8.46. The summed E-state index contributed by atoms with van der Waals surface area (Å²) in [6, 6.07) is 16.3. The van der Waals surface area contributed by atoms with Crippen LogP contribution in [0.2, 0.25) is 0 Å². The molecule has 2 aliphatic heterocycles. The van der Waals surface area contributed by atoms with Gasteiger partial charge in [-0.15, -0.1) is 0 Å². The molecule has 0 aliphatic carbocycles. The lowest BCUT2D eigenvalue weighted by Gasteiger charge is -2.22. The fourth-order valence-corrected chi connectivity index (χ4v) is 4.17. The highest BCUT2D eigenvalue weighted by molar-refractivity contribution is 6.00. The summed E-state index contributed by atoms with van der Waals surface area (Å²) in [4.78, 5) is 31.4. The summed E-state index contributed by atoms with van der Waals surface area (Å²) in [5.74, 6) is 2.40. The highest BCUT2D eigenvalue weighted by Gasteiger charge is 2.35. The molecule has 1 saturated heterocycles. The molecule has 0 bridgehead atoms. The van der Waals surface area contributed by atoms with E-state index in [0.717, 1.165) is 11.3 Å². The van der Waals surface area contributed by atoms with Gasteiger partial charge in [-0.2, -0.15) is 0 Å². The Labute approximate surface area is 208 Å². The summed E-state index contributed by atoms with van der Waals surface area (Å²) in [5, 5.41) is 2.93. The van der Waals surface area contributed by atoms with Crippen molar-refractivity contribution in [3.8, 4) is 28.9 Å². The van der Waals surface area contributed by atoms with Gasteiger partial charge in [0.15, 0.2) is 11.5 Å². The Bertz CT molecular complexity index is 1250. The van der Waals surface area contributed by atoms with Crippen LogP contribution in [0.15, 0.2) is 60.8 Å². The minimum Gasteiger partial charge on any atom is -0.494 e. The molecule has 0 radical (unpaired) electrons. The van der Waals surface area contributed by atoms with Crippen LogP contribution in [0.4, 0.5) is 5.69 Å². The largest absolute Gasteiger partial charge is 0.494 e. The van der Waals surface area contributed by atoms with Gasteiger partial charge in [0, 0.05) is 43.5 Å². The first kappa shape index (κ1) is 23.5. The number of nitrogens with one attached hydrogen (secondary N) is 1. The maximum atomic E-state index is 12.8. The van der Waals surface area contributed by atoms with Crippen molar-refractivity contribution in [3.63, 3.8) is 0 Å². The van der Waals surface area contributed by atoms with Crippen molar-refractivity contribution >= 4 is 17.5 Å². The number of benzene rings is 2. The van der Waals surface area contributed by atoms with Crippen LogP contribution in [0.5, 0.6) is 28.9 Å². The molecule has 1 fully saturated rings. The smallest absolute Gasteiger partial charge is 0.227 e. The molecular formula is C27H27N3O6. The molecule has 0 spiro atoms. The van der Waals surface area contributed by atoms with Crippen LogP contribution < -0.4 is 29.2 Å². The average molecular weight is 490 g/mol. The Morgan fingerprint density at radius 1 is 1.06 bits per heavy atom. The second-order valence-electron chi connectivity index (χ2n) is 8.46. The Kier molecular flexibility index (Phi) is 6.88. The number of pyridine rings is 1. The summed E-state index contributed by atoms with van der Waals surface area (Å²) in [6.07, 6.45) is 1.79. The number of hydrogen-bond donors (Lipinski definition) is 1. The molecule has 0 saturated carbocycles. The van der Waals surface area contributed by atoms with Crippen LogP contribution in [0.3, 0.4) is 0 Å². The molecule has 3 heterocycles. The standard InChI is InChI=1S/C27H27N3O6/c1-2-33-21-4-6-22(7-5-21)36-25-13-18(9-10-28-25)16-29-27(32)19-14-26(31)30(17-19)20-3-8-23-24(15-20)35-12-11-34-23/h3-10,13,15,19H,2,11-12,14,16-17H2,1H3,(H,29,32). The number of nitrogens with zero attached hydrogens (tertiary/aromatic N) is 2. The van der Waals surface area contributed by atoms with Crippen molar-refractivity contribution in [2.24, 2.45) is 5.92 Å². The van der Waals surface area contributed by atoms with E-state index in [0.29, 0.717) is 61.7 Å². The molecule has 2 aliphatic rings.